The summed E-state index contributed by atoms with van der Waals surface area (Å²) >= 11 is 0. The maximum absolute atomic E-state index is 11.4. The molecule has 0 spiro atoms. The molecule has 0 amide bonds. The molecular weight excluding hydrogens is 155 g/mol. The minimum absolute atomic E-state index is 0.202. The highest BCUT2D eigenvalue weighted by atomic mass is 19.1. The van der Waals surface area contributed by atoms with Gasteiger partial charge in [-0.15, -0.1) is 0 Å². The third kappa shape index (κ3) is 5.32. The second kappa shape index (κ2) is 5.64. The molecule has 5 heteroatoms. The summed E-state index contributed by atoms with van der Waals surface area (Å²) in [4.78, 5) is 20.5. The summed E-state index contributed by atoms with van der Waals surface area (Å²) in [6.07, 6.45) is 0.202. The SMILES string of the molecule is CCC(=O)OCOC(=O)CF. The van der Waals surface area contributed by atoms with Crippen molar-refractivity contribution in [2.75, 3.05) is 13.5 Å². The molecule has 0 heterocycles. The molecule has 0 aromatic rings. The van der Waals surface area contributed by atoms with Crippen LogP contribution in [0.1, 0.15) is 13.3 Å². The minimum atomic E-state index is -1.20. The van der Waals surface area contributed by atoms with Gasteiger partial charge in [0.05, 0.1) is 0 Å². The molecule has 0 aromatic heterocycles. The van der Waals surface area contributed by atoms with Crippen LogP contribution in [-0.4, -0.2) is 25.4 Å². The van der Waals surface area contributed by atoms with Crippen LogP contribution in [0.2, 0.25) is 0 Å². The van der Waals surface area contributed by atoms with E-state index in [0.717, 1.165) is 0 Å². The summed E-state index contributed by atoms with van der Waals surface area (Å²) in [5.74, 6) is -1.52. The number of rotatable bonds is 4. The van der Waals surface area contributed by atoms with Crippen LogP contribution >= 0.6 is 0 Å². The lowest BCUT2D eigenvalue weighted by atomic mass is 10.5. The van der Waals surface area contributed by atoms with E-state index in [-0.39, 0.29) is 6.42 Å². The average molecular weight is 164 g/mol. The van der Waals surface area contributed by atoms with E-state index in [1.54, 1.807) is 6.92 Å². The Morgan fingerprint density at radius 1 is 1.27 bits per heavy atom. The maximum atomic E-state index is 11.4. The highest BCUT2D eigenvalue weighted by Gasteiger charge is 2.02. The van der Waals surface area contributed by atoms with Gasteiger partial charge >= 0.3 is 11.9 Å². The monoisotopic (exact) mass is 164 g/mol. The first kappa shape index (κ1) is 9.87. The molecule has 0 saturated carbocycles. The molecule has 4 nitrogen and oxygen atoms in total. The highest BCUT2D eigenvalue weighted by Crippen LogP contribution is 1.86. The Kier molecular flexibility index (Phi) is 5.06. The molecule has 0 N–H and O–H groups in total. The lowest BCUT2D eigenvalue weighted by Crippen LogP contribution is -2.12. The molecule has 0 aromatic carbocycles. The Balaban J connectivity index is 3.27. The van der Waals surface area contributed by atoms with Crippen LogP contribution in [0.3, 0.4) is 0 Å². The zero-order valence-electron chi connectivity index (χ0n) is 6.13. The first-order valence-electron chi connectivity index (χ1n) is 3.08. The van der Waals surface area contributed by atoms with Gasteiger partial charge in [-0.05, 0) is 0 Å². The Labute approximate surface area is 63.3 Å². The van der Waals surface area contributed by atoms with Crippen molar-refractivity contribution >= 4 is 11.9 Å². The van der Waals surface area contributed by atoms with E-state index in [1.807, 2.05) is 0 Å². The van der Waals surface area contributed by atoms with Crippen molar-refractivity contribution in [2.45, 2.75) is 13.3 Å². The van der Waals surface area contributed by atoms with Crippen LogP contribution in [0.15, 0.2) is 0 Å². The molecule has 0 saturated heterocycles. The van der Waals surface area contributed by atoms with Gasteiger partial charge in [0.25, 0.3) is 0 Å². The fraction of sp³-hybridized carbons (Fsp3) is 0.667. The summed E-state index contributed by atoms with van der Waals surface area (Å²) in [5.41, 5.74) is 0. The molecule has 0 aliphatic carbocycles. The lowest BCUT2D eigenvalue weighted by molar-refractivity contribution is -0.167. The first-order valence-corrected chi connectivity index (χ1v) is 3.08. The summed E-state index contributed by atoms with van der Waals surface area (Å²) < 4.78 is 19.8. The molecule has 0 radical (unpaired) electrons. The second-order valence-corrected chi connectivity index (χ2v) is 1.64. The van der Waals surface area contributed by atoms with E-state index in [4.69, 9.17) is 0 Å². The molecule has 0 fully saturated rings. The quantitative estimate of drug-likeness (QED) is 0.446. The number of ether oxygens (including phenoxy) is 2. The molecule has 0 unspecified atom stereocenters. The molecule has 64 valence electrons. The van der Waals surface area contributed by atoms with E-state index < -0.39 is 25.4 Å². The summed E-state index contributed by atoms with van der Waals surface area (Å²) in [6.45, 7) is -0.113. The molecule has 0 rings (SSSR count). The van der Waals surface area contributed by atoms with Gasteiger partial charge in [0.2, 0.25) is 6.79 Å². The Bertz CT molecular complexity index is 130. The van der Waals surface area contributed by atoms with Gasteiger partial charge in [-0.3, -0.25) is 4.79 Å². The van der Waals surface area contributed by atoms with Gasteiger partial charge in [0.1, 0.15) is 0 Å². The van der Waals surface area contributed by atoms with E-state index in [9.17, 15) is 14.0 Å². The number of carbonyl (C=O) groups is 2. The van der Waals surface area contributed by atoms with Crippen molar-refractivity contribution < 1.29 is 23.5 Å². The topological polar surface area (TPSA) is 52.6 Å². The van der Waals surface area contributed by atoms with Gasteiger partial charge in [-0.25, -0.2) is 9.18 Å². The van der Waals surface area contributed by atoms with Crippen LogP contribution in [0, 0.1) is 0 Å². The number of hydrogen-bond donors (Lipinski definition) is 0. The number of hydrogen-bond acceptors (Lipinski definition) is 4. The van der Waals surface area contributed by atoms with Crippen molar-refractivity contribution in [1.82, 2.24) is 0 Å². The van der Waals surface area contributed by atoms with Crippen LogP contribution < -0.4 is 0 Å². The summed E-state index contributed by atoms with van der Waals surface area (Å²) in [7, 11) is 0. The van der Waals surface area contributed by atoms with Gasteiger partial charge < -0.3 is 9.47 Å². The predicted molar refractivity (Wildman–Crippen MR) is 33.3 cm³/mol. The zero-order valence-corrected chi connectivity index (χ0v) is 6.13. The van der Waals surface area contributed by atoms with E-state index in [2.05, 4.69) is 9.47 Å². The van der Waals surface area contributed by atoms with Crippen molar-refractivity contribution in [1.29, 1.82) is 0 Å². The summed E-state index contributed by atoms with van der Waals surface area (Å²) in [6, 6.07) is 0. The van der Waals surface area contributed by atoms with Crippen molar-refractivity contribution in [3.05, 3.63) is 0 Å². The molecule has 0 atom stereocenters. The number of alkyl halides is 1. The molecule has 0 bridgehead atoms. The molecule has 0 aliphatic heterocycles. The number of esters is 2. The summed E-state index contributed by atoms with van der Waals surface area (Å²) in [5, 5.41) is 0. The maximum Gasteiger partial charge on any atom is 0.340 e. The minimum Gasteiger partial charge on any atom is -0.428 e. The normalized spacial score (nSPS) is 8.91. The highest BCUT2D eigenvalue weighted by molar-refractivity contribution is 5.71. The van der Waals surface area contributed by atoms with Crippen molar-refractivity contribution in [3.8, 4) is 0 Å². The average Bonchev–Trinajstić information content (AvgIpc) is 2.04. The number of carbonyl (C=O) groups excluding carboxylic acids is 2. The van der Waals surface area contributed by atoms with Crippen molar-refractivity contribution in [3.63, 3.8) is 0 Å². The smallest absolute Gasteiger partial charge is 0.340 e. The molecular formula is C6H9FO4. The van der Waals surface area contributed by atoms with Gasteiger partial charge in [-0.1, -0.05) is 6.92 Å². The third-order valence-electron chi connectivity index (χ3n) is 0.838. The predicted octanol–water partition coefficient (Wildman–Crippen LogP) is 0.410. The van der Waals surface area contributed by atoms with Crippen LogP contribution in [0.4, 0.5) is 4.39 Å². The van der Waals surface area contributed by atoms with E-state index in [0.29, 0.717) is 0 Å². The van der Waals surface area contributed by atoms with Crippen molar-refractivity contribution in [2.24, 2.45) is 0 Å². The Hall–Kier alpha value is -1.13. The van der Waals surface area contributed by atoms with E-state index in [1.165, 1.54) is 0 Å². The van der Waals surface area contributed by atoms with Gasteiger partial charge in [-0.2, -0.15) is 0 Å². The number of halogens is 1. The van der Waals surface area contributed by atoms with Crippen LogP contribution in [-0.2, 0) is 19.1 Å². The zero-order chi connectivity index (χ0) is 8.69. The fourth-order valence-corrected chi connectivity index (χ4v) is 0.302. The second-order valence-electron chi connectivity index (χ2n) is 1.64. The van der Waals surface area contributed by atoms with Gasteiger partial charge in [0.15, 0.2) is 6.67 Å². The lowest BCUT2D eigenvalue weighted by Gasteiger charge is -2.01. The molecule has 0 aliphatic rings. The first-order chi connectivity index (χ1) is 5.20. The van der Waals surface area contributed by atoms with Gasteiger partial charge in [0, 0.05) is 6.42 Å². The van der Waals surface area contributed by atoms with Crippen LogP contribution in [0.25, 0.3) is 0 Å². The third-order valence-corrected chi connectivity index (χ3v) is 0.838. The van der Waals surface area contributed by atoms with Crippen LogP contribution in [0.5, 0.6) is 0 Å². The van der Waals surface area contributed by atoms with E-state index >= 15 is 0 Å². The Morgan fingerprint density at radius 2 is 1.82 bits per heavy atom. The molecule has 11 heavy (non-hydrogen) atoms. The fourth-order valence-electron chi connectivity index (χ4n) is 0.302. The largest absolute Gasteiger partial charge is 0.428 e. The Morgan fingerprint density at radius 3 is 2.27 bits per heavy atom. The standard InChI is InChI=1S/C6H9FO4/c1-2-5(8)10-4-11-6(9)3-7/h2-4H2,1H3.